The normalized spacial score (nSPS) is 12.5. The lowest BCUT2D eigenvalue weighted by atomic mass is 9.77. The number of benzene rings is 2. The molecule has 1 N–H and O–H groups in total. The molecule has 0 aliphatic heterocycles. The molecule has 0 spiro atoms. The van der Waals surface area contributed by atoms with E-state index in [1.165, 1.54) is 14.2 Å². The first-order valence-corrected chi connectivity index (χ1v) is 11.6. The molecule has 0 radical (unpaired) electrons. The molecule has 2 aromatic carbocycles. The molecule has 1 unspecified atom stereocenters. The summed E-state index contributed by atoms with van der Waals surface area (Å²) in [6.07, 6.45) is 1.64. The van der Waals surface area contributed by atoms with Crippen molar-refractivity contribution in [1.82, 2.24) is 4.90 Å². The molecule has 2 rings (SSSR count). The molecule has 0 heterocycles. The molecule has 0 aliphatic rings. The number of esters is 2. The van der Waals surface area contributed by atoms with Crippen molar-refractivity contribution in [2.24, 2.45) is 0 Å². The zero-order valence-corrected chi connectivity index (χ0v) is 20.9. The van der Waals surface area contributed by atoms with Gasteiger partial charge in [0.1, 0.15) is 5.75 Å². The second-order valence-electron chi connectivity index (χ2n) is 8.27. The first-order valence-electron chi connectivity index (χ1n) is 11.6. The summed E-state index contributed by atoms with van der Waals surface area (Å²) < 4.78 is 15.2. The van der Waals surface area contributed by atoms with E-state index in [9.17, 15) is 20.0 Å². The molecule has 1 atom stereocenters. The van der Waals surface area contributed by atoms with Crippen LogP contribution in [-0.2, 0) is 32.7 Å². The largest absolute Gasteiger partial charge is 0.496 e. The van der Waals surface area contributed by atoms with Gasteiger partial charge in [-0.05, 0) is 75.2 Å². The maximum atomic E-state index is 12.7. The van der Waals surface area contributed by atoms with Gasteiger partial charge >= 0.3 is 11.9 Å². The quantitative estimate of drug-likeness (QED) is 0.434. The predicted molar refractivity (Wildman–Crippen MR) is 131 cm³/mol. The van der Waals surface area contributed by atoms with E-state index < -0.39 is 11.4 Å². The topological polar surface area (TPSA) is 109 Å². The van der Waals surface area contributed by atoms with E-state index in [1.54, 1.807) is 37.3 Å². The van der Waals surface area contributed by atoms with E-state index >= 15 is 0 Å². The molecule has 188 valence electrons. The number of methoxy groups -OCH3 is 2. The molecule has 0 fully saturated rings. The van der Waals surface area contributed by atoms with Gasteiger partial charge in [-0.2, -0.15) is 5.26 Å². The van der Waals surface area contributed by atoms with Crippen molar-refractivity contribution < 1.29 is 28.9 Å². The van der Waals surface area contributed by atoms with E-state index in [-0.39, 0.29) is 19.0 Å². The smallest absolute Gasteiger partial charge is 0.338 e. The molecule has 0 aromatic heterocycles. The standard InChI is InChI=1S/C27H34N2O6/c1-5-35-25(31)21-9-7-20(8-10-21)13-16-29(2)15-6-14-27(19-28,26(32)34-4)23-11-12-24(33-3)22(17-23)18-30/h7-12,17,30H,5-6,13-16,18H2,1-4H3. The first-order chi connectivity index (χ1) is 16.8. The van der Waals surface area contributed by atoms with Crippen molar-refractivity contribution in [1.29, 1.82) is 5.26 Å². The van der Waals surface area contributed by atoms with Gasteiger partial charge in [-0.1, -0.05) is 18.2 Å². The lowest BCUT2D eigenvalue weighted by molar-refractivity contribution is -0.145. The Morgan fingerprint density at radius 2 is 1.83 bits per heavy atom. The summed E-state index contributed by atoms with van der Waals surface area (Å²) in [5, 5.41) is 19.7. The number of carbonyl (C=O) groups excluding carboxylic acids is 2. The summed E-state index contributed by atoms with van der Waals surface area (Å²) in [6, 6.07) is 14.5. The van der Waals surface area contributed by atoms with Gasteiger partial charge in [0.25, 0.3) is 0 Å². The molecule has 0 saturated carbocycles. The summed E-state index contributed by atoms with van der Waals surface area (Å²) in [7, 11) is 4.75. The Morgan fingerprint density at radius 1 is 1.11 bits per heavy atom. The van der Waals surface area contributed by atoms with Crippen molar-refractivity contribution in [3.63, 3.8) is 0 Å². The highest BCUT2D eigenvalue weighted by Gasteiger charge is 2.42. The highest BCUT2D eigenvalue weighted by atomic mass is 16.5. The average molecular weight is 483 g/mol. The highest BCUT2D eigenvalue weighted by Crippen LogP contribution is 2.34. The first kappa shape index (κ1) is 27.8. The SMILES string of the molecule is CCOC(=O)c1ccc(CCN(C)CCCC(C#N)(C(=O)OC)c2ccc(OC)c(CO)c2)cc1. The summed E-state index contributed by atoms with van der Waals surface area (Å²) >= 11 is 0. The average Bonchev–Trinajstić information content (AvgIpc) is 2.89. The van der Waals surface area contributed by atoms with Crippen LogP contribution in [0.15, 0.2) is 42.5 Å². The molecule has 8 nitrogen and oxygen atoms in total. The van der Waals surface area contributed by atoms with Crippen LogP contribution in [0.5, 0.6) is 5.75 Å². The molecule has 2 aromatic rings. The van der Waals surface area contributed by atoms with Gasteiger partial charge in [-0.15, -0.1) is 0 Å². The Bertz CT molecular complexity index is 1030. The third-order valence-electron chi connectivity index (χ3n) is 6.01. The summed E-state index contributed by atoms with van der Waals surface area (Å²) in [4.78, 5) is 26.6. The minimum atomic E-state index is -1.48. The van der Waals surface area contributed by atoms with Gasteiger partial charge < -0.3 is 24.2 Å². The number of aliphatic hydroxyl groups excluding tert-OH is 1. The maximum absolute atomic E-state index is 12.7. The molecular weight excluding hydrogens is 448 g/mol. The fraction of sp³-hybridized carbons (Fsp3) is 0.444. The van der Waals surface area contributed by atoms with Crippen molar-refractivity contribution >= 4 is 11.9 Å². The summed E-state index contributed by atoms with van der Waals surface area (Å²) in [6.45, 7) is 3.29. The molecular formula is C27H34N2O6. The zero-order valence-electron chi connectivity index (χ0n) is 20.9. The van der Waals surface area contributed by atoms with Gasteiger partial charge in [0.05, 0.1) is 39.1 Å². The Kier molecular flexibility index (Phi) is 10.7. The molecule has 35 heavy (non-hydrogen) atoms. The van der Waals surface area contributed by atoms with Gasteiger partial charge in [0.2, 0.25) is 0 Å². The third-order valence-corrected chi connectivity index (χ3v) is 6.01. The van der Waals surface area contributed by atoms with Crippen molar-refractivity contribution in [3.05, 3.63) is 64.7 Å². The fourth-order valence-corrected chi connectivity index (χ4v) is 3.94. The van der Waals surface area contributed by atoms with E-state index in [4.69, 9.17) is 14.2 Å². The van der Waals surface area contributed by atoms with Crippen LogP contribution in [-0.4, -0.2) is 62.9 Å². The van der Waals surface area contributed by atoms with Crippen LogP contribution >= 0.6 is 0 Å². The van der Waals surface area contributed by atoms with Crippen molar-refractivity contribution in [3.8, 4) is 11.8 Å². The Balaban J connectivity index is 2.01. The van der Waals surface area contributed by atoms with E-state index in [2.05, 4.69) is 11.0 Å². The zero-order chi connectivity index (χ0) is 25.8. The van der Waals surface area contributed by atoms with Gasteiger partial charge in [-0.3, -0.25) is 0 Å². The minimum absolute atomic E-state index is 0.270. The maximum Gasteiger partial charge on any atom is 0.338 e. The molecule has 0 amide bonds. The second-order valence-corrected chi connectivity index (χ2v) is 8.27. The fourth-order valence-electron chi connectivity index (χ4n) is 3.94. The number of likely N-dealkylation sites (N-methyl/N-ethyl adjacent to an activating group) is 1. The number of nitrogens with zero attached hydrogens (tertiary/aromatic N) is 2. The predicted octanol–water partition coefficient (Wildman–Crippen LogP) is 3.25. The number of ether oxygens (including phenoxy) is 3. The van der Waals surface area contributed by atoms with E-state index in [0.717, 1.165) is 18.5 Å². The van der Waals surface area contributed by atoms with Gasteiger partial charge in [0, 0.05) is 12.1 Å². The Labute approximate surface area is 207 Å². The van der Waals surface area contributed by atoms with E-state index in [0.29, 0.717) is 42.0 Å². The lowest BCUT2D eigenvalue weighted by Gasteiger charge is -2.26. The Morgan fingerprint density at radius 3 is 2.40 bits per heavy atom. The molecule has 0 saturated heterocycles. The number of carbonyl (C=O) groups is 2. The summed E-state index contributed by atoms with van der Waals surface area (Å²) in [5.74, 6) is -0.466. The number of nitriles is 1. The molecule has 8 heteroatoms. The number of aliphatic hydroxyl groups is 1. The summed E-state index contributed by atoms with van der Waals surface area (Å²) in [5.41, 5.74) is 1.12. The van der Waals surface area contributed by atoms with Crippen LogP contribution in [0.25, 0.3) is 0 Å². The second kappa shape index (κ2) is 13.5. The monoisotopic (exact) mass is 482 g/mol. The van der Waals surface area contributed by atoms with E-state index in [1.807, 2.05) is 19.2 Å². The number of hydrogen-bond acceptors (Lipinski definition) is 8. The van der Waals surface area contributed by atoms with Crippen molar-refractivity contribution in [2.45, 2.75) is 38.2 Å². The lowest BCUT2D eigenvalue weighted by Crippen LogP contribution is -2.37. The van der Waals surface area contributed by atoms with Crippen LogP contribution in [0.4, 0.5) is 0 Å². The van der Waals surface area contributed by atoms with Crippen LogP contribution in [0.3, 0.4) is 0 Å². The molecule has 0 bridgehead atoms. The minimum Gasteiger partial charge on any atom is -0.496 e. The van der Waals surface area contributed by atoms with Crippen LogP contribution in [0.2, 0.25) is 0 Å². The van der Waals surface area contributed by atoms with Gasteiger partial charge in [-0.25, -0.2) is 9.59 Å². The number of rotatable bonds is 13. The van der Waals surface area contributed by atoms with Gasteiger partial charge in [0.15, 0.2) is 5.41 Å². The molecule has 0 aliphatic carbocycles. The Hall–Kier alpha value is -3.41. The van der Waals surface area contributed by atoms with Crippen molar-refractivity contribution in [2.75, 3.05) is 41.0 Å². The highest BCUT2D eigenvalue weighted by molar-refractivity contribution is 5.89. The van der Waals surface area contributed by atoms with Crippen LogP contribution in [0, 0.1) is 11.3 Å². The third kappa shape index (κ3) is 7.04. The van der Waals surface area contributed by atoms with Crippen LogP contribution in [0.1, 0.15) is 46.8 Å². The number of hydrogen-bond donors (Lipinski definition) is 1. The van der Waals surface area contributed by atoms with Crippen LogP contribution < -0.4 is 4.74 Å².